The van der Waals surface area contributed by atoms with Crippen LogP contribution in [0, 0.1) is 0 Å². The highest BCUT2D eigenvalue weighted by molar-refractivity contribution is 4.96. The van der Waals surface area contributed by atoms with Crippen LogP contribution in [0.25, 0.3) is 0 Å². The average molecular weight is 197 g/mol. The molecule has 1 N–H and O–H groups in total. The zero-order chi connectivity index (χ0) is 9.95. The number of halogens is 3. The van der Waals surface area contributed by atoms with E-state index < -0.39 is 11.8 Å². The summed E-state index contributed by atoms with van der Waals surface area (Å²) in [5.74, 6) is 0. The fraction of sp³-hybridized carbons (Fsp3) is 1.00. The van der Waals surface area contributed by atoms with Gasteiger partial charge in [-0.1, -0.05) is 6.92 Å². The van der Waals surface area contributed by atoms with E-state index in [1.54, 1.807) is 6.92 Å². The Morgan fingerprint density at radius 3 is 2.54 bits per heavy atom. The van der Waals surface area contributed by atoms with Crippen molar-refractivity contribution in [2.45, 2.75) is 31.5 Å². The summed E-state index contributed by atoms with van der Waals surface area (Å²) < 4.78 is 42.6. The number of alkyl halides is 3. The molecule has 0 radical (unpaired) electrons. The lowest BCUT2D eigenvalue weighted by molar-refractivity contribution is -0.269. The minimum Gasteiger partial charge on any atom is -0.364 e. The largest absolute Gasteiger partial charge is 0.418 e. The fourth-order valence-electron chi connectivity index (χ4n) is 1.41. The van der Waals surface area contributed by atoms with Crippen LogP contribution in [0.2, 0.25) is 0 Å². The number of hydrogen-bond donors (Lipinski definition) is 1. The summed E-state index contributed by atoms with van der Waals surface area (Å²) in [6.45, 7) is 2.23. The molecule has 0 aromatic heterocycles. The summed E-state index contributed by atoms with van der Waals surface area (Å²) in [6.07, 6.45) is -3.62. The zero-order valence-electron chi connectivity index (χ0n) is 7.58. The first-order valence-electron chi connectivity index (χ1n) is 4.43. The second-order valence-corrected chi connectivity index (χ2v) is 3.27. The van der Waals surface area contributed by atoms with Gasteiger partial charge in [-0.05, 0) is 19.4 Å². The molecule has 2 nitrogen and oxygen atoms in total. The molecule has 0 aliphatic carbocycles. The second kappa shape index (κ2) is 3.84. The van der Waals surface area contributed by atoms with Crippen molar-refractivity contribution in [2.24, 2.45) is 0 Å². The lowest BCUT2D eigenvalue weighted by atomic mass is 10.0. The monoisotopic (exact) mass is 197 g/mol. The van der Waals surface area contributed by atoms with Crippen molar-refractivity contribution < 1.29 is 17.9 Å². The molecule has 0 aromatic rings. The molecule has 1 rings (SSSR count). The van der Waals surface area contributed by atoms with Crippen molar-refractivity contribution in [3.05, 3.63) is 0 Å². The third-order valence-corrected chi connectivity index (χ3v) is 2.22. The molecule has 0 bridgehead atoms. The van der Waals surface area contributed by atoms with Crippen molar-refractivity contribution >= 4 is 0 Å². The fourth-order valence-corrected chi connectivity index (χ4v) is 1.41. The molecule has 0 amide bonds. The molecule has 1 atom stereocenters. The maximum atomic E-state index is 12.6. The Morgan fingerprint density at radius 2 is 2.15 bits per heavy atom. The average Bonchev–Trinajstić information content (AvgIpc) is 2.48. The molecule has 1 heterocycles. The van der Waals surface area contributed by atoms with Gasteiger partial charge in [0.05, 0.1) is 0 Å². The normalized spacial score (nSPS) is 29.5. The van der Waals surface area contributed by atoms with E-state index in [2.05, 4.69) is 5.32 Å². The highest BCUT2D eigenvalue weighted by atomic mass is 19.4. The van der Waals surface area contributed by atoms with Crippen molar-refractivity contribution in [1.29, 1.82) is 0 Å². The Balaban J connectivity index is 2.64. The predicted octanol–water partition coefficient (Wildman–Crippen LogP) is 1.71. The number of nitrogens with one attached hydrogen (secondary N) is 1. The smallest absolute Gasteiger partial charge is 0.364 e. The van der Waals surface area contributed by atoms with Crippen LogP contribution in [0.3, 0.4) is 0 Å². The Hall–Kier alpha value is -0.290. The molecule has 78 valence electrons. The van der Waals surface area contributed by atoms with E-state index in [1.165, 1.54) is 0 Å². The first-order valence-corrected chi connectivity index (χ1v) is 4.43. The minimum absolute atomic E-state index is 0.0243. The van der Waals surface area contributed by atoms with Crippen LogP contribution in [-0.2, 0) is 4.74 Å². The maximum absolute atomic E-state index is 12.6. The van der Waals surface area contributed by atoms with Gasteiger partial charge < -0.3 is 10.1 Å². The van der Waals surface area contributed by atoms with Crippen molar-refractivity contribution in [3.8, 4) is 0 Å². The molecule has 1 unspecified atom stereocenters. The van der Waals surface area contributed by atoms with E-state index in [0.29, 0.717) is 13.0 Å². The van der Waals surface area contributed by atoms with Crippen molar-refractivity contribution in [1.82, 2.24) is 5.32 Å². The first-order chi connectivity index (χ1) is 6.02. The van der Waals surface area contributed by atoms with Crippen LogP contribution in [-0.4, -0.2) is 31.5 Å². The third kappa shape index (κ3) is 2.14. The van der Waals surface area contributed by atoms with E-state index in [4.69, 9.17) is 4.74 Å². The highest BCUT2D eigenvalue weighted by Crippen LogP contribution is 2.38. The van der Waals surface area contributed by atoms with Crippen LogP contribution in [0.4, 0.5) is 13.2 Å². The third-order valence-electron chi connectivity index (χ3n) is 2.22. The van der Waals surface area contributed by atoms with Gasteiger partial charge in [-0.2, -0.15) is 13.2 Å². The van der Waals surface area contributed by atoms with Crippen molar-refractivity contribution in [3.63, 3.8) is 0 Å². The van der Waals surface area contributed by atoms with Crippen molar-refractivity contribution in [2.75, 3.05) is 19.7 Å². The van der Waals surface area contributed by atoms with Gasteiger partial charge in [0, 0.05) is 13.2 Å². The molecule has 5 heteroatoms. The van der Waals surface area contributed by atoms with Gasteiger partial charge in [0.1, 0.15) is 0 Å². The SMILES string of the molecule is CCCOC1(C(F)(F)F)CCNC1. The summed E-state index contributed by atoms with van der Waals surface area (Å²) in [5.41, 5.74) is -1.93. The summed E-state index contributed by atoms with van der Waals surface area (Å²) in [6, 6.07) is 0. The Bertz CT molecular complexity index is 163. The molecule has 1 fully saturated rings. The molecule has 0 saturated carbocycles. The van der Waals surface area contributed by atoms with Crippen LogP contribution in [0.1, 0.15) is 19.8 Å². The summed E-state index contributed by atoms with van der Waals surface area (Å²) in [4.78, 5) is 0. The van der Waals surface area contributed by atoms with Gasteiger partial charge in [-0.3, -0.25) is 0 Å². The second-order valence-electron chi connectivity index (χ2n) is 3.27. The van der Waals surface area contributed by atoms with Gasteiger partial charge in [-0.25, -0.2) is 0 Å². The quantitative estimate of drug-likeness (QED) is 0.743. The van der Waals surface area contributed by atoms with Crippen LogP contribution in [0.15, 0.2) is 0 Å². The maximum Gasteiger partial charge on any atom is 0.418 e. The van der Waals surface area contributed by atoms with E-state index >= 15 is 0 Å². The summed E-state index contributed by atoms with van der Waals surface area (Å²) >= 11 is 0. The zero-order valence-corrected chi connectivity index (χ0v) is 7.58. The molecular formula is C8H14F3NO. The van der Waals surface area contributed by atoms with Crippen LogP contribution in [0.5, 0.6) is 0 Å². The van der Waals surface area contributed by atoms with E-state index in [-0.39, 0.29) is 19.6 Å². The van der Waals surface area contributed by atoms with Gasteiger partial charge in [0.2, 0.25) is 0 Å². The molecule has 13 heavy (non-hydrogen) atoms. The number of hydrogen-bond acceptors (Lipinski definition) is 2. The van der Waals surface area contributed by atoms with Crippen LogP contribution >= 0.6 is 0 Å². The number of ether oxygens (including phenoxy) is 1. The lowest BCUT2D eigenvalue weighted by Gasteiger charge is -2.30. The molecule has 0 spiro atoms. The molecule has 1 saturated heterocycles. The molecular weight excluding hydrogens is 183 g/mol. The Labute approximate surface area is 75.4 Å². The topological polar surface area (TPSA) is 21.3 Å². The Kier molecular flexibility index (Phi) is 3.18. The van der Waals surface area contributed by atoms with Gasteiger partial charge in [0.15, 0.2) is 5.60 Å². The van der Waals surface area contributed by atoms with E-state index in [1.807, 2.05) is 0 Å². The molecule has 1 aliphatic heterocycles. The minimum atomic E-state index is -4.26. The van der Waals surface area contributed by atoms with Gasteiger partial charge >= 0.3 is 6.18 Å². The molecule has 0 aromatic carbocycles. The van der Waals surface area contributed by atoms with Gasteiger partial charge in [0.25, 0.3) is 0 Å². The standard InChI is InChI=1S/C8H14F3NO/c1-2-5-13-7(8(9,10)11)3-4-12-6-7/h12H,2-6H2,1H3. The summed E-state index contributed by atoms with van der Waals surface area (Å²) in [5, 5.41) is 2.68. The first kappa shape index (κ1) is 10.8. The van der Waals surface area contributed by atoms with E-state index in [9.17, 15) is 13.2 Å². The molecule has 1 aliphatic rings. The Morgan fingerprint density at radius 1 is 1.46 bits per heavy atom. The predicted molar refractivity (Wildman–Crippen MR) is 42.5 cm³/mol. The van der Waals surface area contributed by atoms with Crippen LogP contribution < -0.4 is 5.32 Å². The van der Waals surface area contributed by atoms with Gasteiger partial charge in [-0.15, -0.1) is 0 Å². The van der Waals surface area contributed by atoms with E-state index in [0.717, 1.165) is 0 Å². The lowest BCUT2D eigenvalue weighted by Crippen LogP contribution is -2.49. The highest BCUT2D eigenvalue weighted by Gasteiger charge is 2.57. The number of rotatable bonds is 3. The summed E-state index contributed by atoms with van der Waals surface area (Å²) in [7, 11) is 0.